The van der Waals surface area contributed by atoms with Gasteiger partial charge in [-0.2, -0.15) is 5.10 Å². The summed E-state index contributed by atoms with van der Waals surface area (Å²) >= 11 is 3.52. The average Bonchev–Trinajstić information content (AvgIpc) is 2.56. The molecule has 0 aliphatic heterocycles. The zero-order valence-corrected chi connectivity index (χ0v) is 12.1. The van der Waals surface area contributed by atoms with Crippen LogP contribution in [0.4, 0.5) is 0 Å². The van der Waals surface area contributed by atoms with Gasteiger partial charge in [0.25, 0.3) is 0 Å². The van der Waals surface area contributed by atoms with Crippen LogP contribution in [-0.2, 0) is 17.9 Å². The van der Waals surface area contributed by atoms with Gasteiger partial charge in [-0.15, -0.1) is 0 Å². The Kier molecular flexibility index (Phi) is 5.49. The summed E-state index contributed by atoms with van der Waals surface area (Å²) in [6, 6.07) is 0. The molecule has 0 bridgehead atoms. The molecule has 16 heavy (non-hydrogen) atoms. The Morgan fingerprint density at radius 2 is 2.12 bits per heavy atom. The van der Waals surface area contributed by atoms with Crippen LogP contribution in [0.15, 0.2) is 10.7 Å². The Hall–Kier alpha value is -0.350. The van der Waals surface area contributed by atoms with E-state index in [1.165, 1.54) is 0 Å². The summed E-state index contributed by atoms with van der Waals surface area (Å²) in [5.74, 6) is 0.592. The summed E-state index contributed by atoms with van der Waals surface area (Å²) < 4.78 is 8.81. The highest BCUT2D eigenvalue weighted by molar-refractivity contribution is 9.10. The molecule has 92 valence electrons. The number of hydrogen-bond donors (Lipinski definition) is 0. The van der Waals surface area contributed by atoms with Crippen molar-refractivity contribution < 1.29 is 4.74 Å². The molecule has 0 aliphatic rings. The van der Waals surface area contributed by atoms with Gasteiger partial charge >= 0.3 is 0 Å². The topological polar surface area (TPSA) is 27.1 Å². The van der Waals surface area contributed by atoms with Crippen LogP contribution in [-0.4, -0.2) is 15.9 Å². The molecule has 0 N–H and O–H groups in total. The highest BCUT2D eigenvalue weighted by atomic mass is 79.9. The van der Waals surface area contributed by atoms with E-state index in [0.717, 1.165) is 23.1 Å². The molecule has 0 fully saturated rings. The Labute approximate surface area is 106 Å². The van der Waals surface area contributed by atoms with E-state index in [1.807, 2.05) is 10.9 Å². The largest absolute Gasteiger partial charge is 0.372 e. The number of aromatic nitrogens is 2. The zero-order chi connectivity index (χ0) is 12.1. The van der Waals surface area contributed by atoms with Gasteiger partial charge in [-0.25, -0.2) is 0 Å². The van der Waals surface area contributed by atoms with Crippen LogP contribution in [0, 0.1) is 5.92 Å². The third-order valence-corrected chi connectivity index (χ3v) is 3.18. The van der Waals surface area contributed by atoms with Gasteiger partial charge in [-0.05, 0) is 35.2 Å². The second-order valence-corrected chi connectivity index (χ2v) is 5.40. The molecule has 4 heteroatoms. The maximum absolute atomic E-state index is 5.75. The van der Waals surface area contributed by atoms with Crippen molar-refractivity contribution in [1.82, 2.24) is 9.78 Å². The Balaban J connectivity index is 2.66. The highest BCUT2D eigenvalue weighted by Gasteiger charge is 2.11. The van der Waals surface area contributed by atoms with Crippen molar-refractivity contribution in [3.05, 3.63) is 16.4 Å². The molecule has 1 heterocycles. The number of rotatable bonds is 6. The van der Waals surface area contributed by atoms with Gasteiger partial charge in [0.2, 0.25) is 0 Å². The lowest BCUT2D eigenvalue weighted by Crippen LogP contribution is -2.13. The lowest BCUT2D eigenvalue weighted by Gasteiger charge is -2.13. The van der Waals surface area contributed by atoms with E-state index in [0.29, 0.717) is 18.6 Å². The van der Waals surface area contributed by atoms with Crippen LogP contribution in [0.5, 0.6) is 0 Å². The molecule has 1 rings (SSSR count). The fraction of sp³-hybridized carbons (Fsp3) is 0.750. The van der Waals surface area contributed by atoms with Crippen molar-refractivity contribution >= 4 is 15.9 Å². The summed E-state index contributed by atoms with van der Waals surface area (Å²) in [6.07, 6.45) is 3.18. The van der Waals surface area contributed by atoms with Crippen molar-refractivity contribution in [2.24, 2.45) is 5.92 Å². The van der Waals surface area contributed by atoms with Crippen LogP contribution in [0.2, 0.25) is 0 Å². The van der Waals surface area contributed by atoms with Gasteiger partial charge in [0.05, 0.1) is 29.1 Å². The summed E-state index contributed by atoms with van der Waals surface area (Å²) in [5, 5.41) is 4.35. The molecule has 3 nitrogen and oxygen atoms in total. The van der Waals surface area contributed by atoms with Crippen LogP contribution >= 0.6 is 15.9 Å². The summed E-state index contributed by atoms with van der Waals surface area (Å²) in [5.41, 5.74) is 1.13. The third kappa shape index (κ3) is 3.91. The maximum Gasteiger partial charge on any atom is 0.0899 e. The summed E-state index contributed by atoms with van der Waals surface area (Å²) in [4.78, 5) is 0. The standard InChI is InChI=1S/C12H21BrN2O/c1-5-10(4)16-8-12-11(13)6-14-15(12)7-9(2)3/h6,9-10H,5,7-8H2,1-4H3/t10-/m0/s1. The Morgan fingerprint density at radius 1 is 1.44 bits per heavy atom. The Morgan fingerprint density at radius 3 is 2.69 bits per heavy atom. The molecular formula is C12H21BrN2O. The van der Waals surface area contributed by atoms with E-state index >= 15 is 0 Å². The van der Waals surface area contributed by atoms with Crippen LogP contribution in [0.3, 0.4) is 0 Å². The monoisotopic (exact) mass is 288 g/mol. The van der Waals surface area contributed by atoms with Gasteiger partial charge in [-0.3, -0.25) is 4.68 Å². The molecule has 0 spiro atoms. The van der Waals surface area contributed by atoms with E-state index in [1.54, 1.807) is 0 Å². The van der Waals surface area contributed by atoms with E-state index in [4.69, 9.17) is 4.74 Å². The van der Waals surface area contributed by atoms with Crippen molar-refractivity contribution in [1.29, 1.82) is 0 Å². The van der Waals surface area contributed by atoms with Crippen LogP contribution in [0.1, 0.15) is 39.8 Å². The van der Waals surface area contributed by atoms with Crippen molar-refractivity contribution in [2.45, 2.75) is 53.4 Å². The van der Waals surface area contributed by atoms with E-state index < -0.39 is 0 Å². The minimum Gasteiger partial charge on any atom is -0.372 e. The average molecular weight is 289 g/mol. The predicted octanol–water partition coefficient (Wildman–Crippen LogP) is 3.62. The smallest absolute Gasteiger partial charge is 0.0899 e. The number of ether oxygens (including phenoxy) is 1. The first-order valence-electron chi connectivity index (χ1n) is 5.86. The van der Waals surface area contributed by atoms with Crippen molar-refractivity contribution in [3.63, 3.8) is 0 Å². The molecule has 1 aromatic heterocycles. The number of halogens is 1. The quantitative estimate of drug-likeness (QED) is 0.799. The second-order valence-electron chi connectivity index (χ2n) is 4.55. The van der Waals surface area contributed by atoms with Gasteiger partial charge in [0, 0.05) is 6.54 Å². The maximum atomic E-state index is 5.75. The molecular weight excluding hydrogens is 268 g/mol. The van der Waals surface area contributed by atoms with Gasteiger partial charge in [0.15, 0.2) is 0 Å². The lowest BCUT2D eigenvalue weighted by molar-refractivity contribution is 0.0460. The number of hydrogen-bond acceptors (Lipinski definition) is 2. The molecule has 0 aromatic carbocycles. The fourth-order valence-electron chi connectivity index (χ4n) is 1.37. The second kappa shape index (κ2) is 6.40. The van der Waals surface area contributed by atoms with E-state index in [9.17, 15) is 0 Å². The molecule has 1 aromatic rings. The minimum atomic E-state index is 0.300. The molecule has 0 aliphatic carbocycles. The van der Waals surface area contributed by atoms with E-state index in [-0.39, 0.29) is 0 Å². The van der Waals surface area contributed by atoms with E-state index in [2.05, 4.69) is 48.7 Å². The van der Waals surface area contributed by atoms with Crippen molar-refractivity contribution in [2.75, 3.05) is 0 Å². The van der Waals surface area contributed by atoms with Crippen molar-refractivity contribution in [3.8, 4) is 0 Å². The highest BCUT2D eigenvalue weighted by Crippen LogP contribution is 2.19. The lowest BCUT2D eigenvalue weighted by atomic mass is 10.2. The zero-order valence-electron chi connectivity index (χ0n) is 10.5. The van der Waals surface area contributed by atoms with Gasteiger partial charge in [-0.1, -0.05) is 20.8 Å². The first kappa shape index (κ1) is 13.7. The minimum absolute atomic E-state index is 0.300. The fourth-order valence-corrected chi connectivity index (χ4v) is 1.78. The number of nitrogens with zero attached hydrogens (tertiary/aromatic N) is 2. The van der Waals surface area contributed by atoms with Crippen LogP contribution < -0.4 is 0 Å². The molecule has 0 amide bonds. The SMILES string of the molecule is CC[C@H](C)OCc1c(Br)cnn1CC(C)C. The summed E-state index contributed by atoms with van der Waals surface area (Å²) in [6.45, 7) is 10.2. The summed E-state index contributed by atoms with van der Waals surface area (Å²) in [7, 11) is 0. The molecule has 0 saturated heterocycles. The van der Waals surface area contributed by atoms with Gasteiger partial charge < -0.3 is 4.74 Å². The molecule has 1 atom stereocenters. The molecule has 0 radical (unpaired) electrons. The Bertz CT molecular complexity index is 323. The molecule has 0 saturated carbocycles. The van der Waals surface area contributed by atoms with Gasteiger partial charge in [0.1, 0.15) is 0 Å². The molecule has 0 unspecified atom stereocenters. The first-order chi connectivity index (χ1) is 7.54. The first-order valence-corrected chi connectivity index (χ1v) is 6.65. The van der Waals surface area contributed by atoms with Crippen LogP contribution in [0.25, 0.3) is 0 Å². The normalized spacial score (nSPS) is 13.4. The third-order valence-electron chi connectivity index (χ3n) is 2.52. The predicted molar refractivity (Wildman–Crippen MR) is 69.3 cm³/mol.